The number of nitrogens with one attached hydrogen (secondary N) is 2. The van der Waals surface area contributed by atoms with Crippen molar-refractivity contribution < 1.29 is 4.79 Å². The molecule has 2 N–H and O–H groups in total. The number of aromatic amines is 1. The highest BCUT2D eigenvalue weighted by molar-refractivity contribution is 5.82. The van der Waals surface area contributed by atoms with Crippen molar-refractivity contribution in [1.82, 2.24) is 24.6 Å². The van der Waals surface area contributed by atoms with E-state index in [0.717, 1.165) is 39.5 Å². The van der Waals surface area contributed by atoms with Gasteiger partial charge >= 0.3 is 0 Å². The number of hydrogen-bond acceptors (Lipinski definition) is 4. The number of H-pyrrole nitrogens is 1. The summed E-state index contributed by atoms with van der Waals surface area (Å²) in [6, 6.07) is 9.77. The predicted octanol–water partition coefficient (Wildman–Crippen LogP) is 2.97. The molecule has 0 fully saturated rings. The van der Waals surface area contributed by atoms with Crippen LogP contribution in [0.15, 0.2) is 42.7 Å². The molecule has 0 saturated carbocycles. The molecular formula is C18H16N6O. The van der Waals surface area contributed by atoms with Crippen molar-refractivity contribution in [2.24, 2.45) is 0 Å². The smallest absolute Gasteiger partial charge is 0.212 e. The number of hydrogen-bond donors (Lipinski definition) is 2. The van der Waals surface area contributed by atoms with Crippen molar-refractivity contribution >= 4 is 17.9 Å². The maximum atomic E-state index is 10.8. The fourth-order valence-electron chi connectivity index (χ4n) is 2.94. The molecule has 0 aliphatic rings. The van der Waals surface area contributed by atoms with Gasteiger partial charge in [-0.25, -0.2) is 4.98 Å². The topological polar surface area (TPSA) is 88.0 Å². The van der Waals surface area contributed by atoms with Crippen LogP contribution in [-0.4, -0.2) is 31.0 Å². The van der Waals surface area contributed by atoms with Crippen LogP contribution in [0.3, 0.4) is 0 Å². The van der Waals surface area contributed by atoms with Gasteiger partial charge in [-0.05, 0) is 38.1 Å². The molecule has 25 heavy (non-hydrogen) atoms. The van der Waals surface area contributed by atoms with E-state index in [1.54, 1.807) is 6.20 Å². The molecule has 7 heteroatoms. The summed E-state index contributed by atoms with van der Waals surface area (Å²) in [7, 11) is 0. The lowest BCUT2D eigenvalue weighted by molar-refractivity contribution is -0.105. The van der Waals surface area contributed by atoms with Crippen LogP contribution in [0.5, 0.6) is 0 Å². The Bertz CT molecular complexity index is 1080. The molecule has 0 unspecified atom stereocenters. The molecule has 0 aliphatic carbocycles. The van der Waals surface area contributed by atoms with Gasteiger partial charge in [-0.1, -0.05) is 6.07 Å². The third-order valence-electron chi connectivity index (χ3n) is 4.08. The number of pyridine rings is 2. The lowest BCUT2D eigenvalue weighted by atomic mass is 10.0. The van der Waals surface area contributed by atoms with Crippen LogP contribution in [0.2, 0.25) is 0 Å². The van der Waals surface area contributed by atoms with Gasteiger partial charge in [-0.3, -0.25) is 19.3 Å². The Morgan fingerprint density at radius 1 is 1.20 bits per heavy atom. The van der Waals surface area contributed by atoms with Crippen molar-refractivity contribution in [3.05, 3.63) is 54.1 Å². The zero-order chi connectivity index (χ0) is 17.4. The van der Waals surface area contributed by atoms with E-state index < -0.39 is 0 Å². The average Bonchev–Trinajstić information content (AvgIpc) is 3.19. The minimum absolute atomic E-state index is 0.614. The molecule has 0 spiro atoms. The van der Waals surface area contributed by atoms with Crippen molar-refractivity contribution in [2.75, 3.05) is 5.32 Å². The summed E-state index contributed by atoms with van der Waals surface area (Å²) in [6.07, 6.45) is 4.20. The van der Waals surface area contributed by atoms with Gasteiger partial charge in [0, 0.05) is 28.7 Å². The van der Waals surface area contributed by atoms with Gasteiger partial charge in [-0.15, -0.1) is 0 Å². The van der Waals surface area contributed by atoms with Gasteiger partial charge in [-0.2, -0.15) is 5.10 Å². The average molecular weight is 332 g/mol. The molecule has 4 aromatic heterocycles. The fraction of sp³-hybridized carbons (Fsp3) is 0.111. The van der Waals surface area contributed by atoms with Crippen LogP contribution >= 0.6 is 0 Å². The van der Waals surface area contributed by atoms with Crippen LogP contribution in [-0.2, 0) is 4.79 Å². The Hall–Kier alpha value is -3.48. The first-order valence-corrected chi connectivity index (χ1v) is 7.84. The minimum atomic E-state index is 0.614. The van der Waals surface area contributed by atoms with Gasteiger partial charge in [0.15, 0.2) is 0 Å². The monoisotopic (exact) mass is 332 g/mol. The molecule has 7 nitrogen and oxygen atoms in total. The summed E-state index contributed by atoms with van der Waals surface area (Å²) in [6.45, 7) is 3.93. The molecule has 0 radical (unpaired) electrons. The molecule has 0 saturated heterocycles. The SMILES string of the molecule is Cc1cccc(-c2n[nH]c(C)c2-c2ccc3ncc(NC=O)n3c2)n1. The van der Waals surface area contributed by atoms with Gasteiger partial charge < -0.3 is 5.32 Å². The Morgan fingerprint density at radius 3 is 2.88 bits per heavy atom. The maximum Gasteiger partial charge on any atom is 0.212 e. The first-order valence-electron chi connectivity index (χ1n) is 7.84. The Labute approximate surface area is 143 Å². The highest BCUT2D eigenvalue weighted by Crippen LogP contribution is 2.32. The zero-order valence-electron chi connectivity index (χ0n) is 13.8. The summed E-state index contributed by atoms with van der Waals surface area (Å²) in [5.74, 6) is 0.614. The van der Waals surface area contributed by atoms with Crippen LogP contribution in [0.1, 0.15) is 11.4 Å². The van der Waals surface area contributed by atoms with Crippen LogP contribution in [0.4, 0.5) is 5.82 Å². The molecule has 0 aliphatic heterocycles. The Balaban J connectivity index is 1.90. The number of aryl methyl sites for hydroxylation is 2. The van der Waals surface area contributed by atoms with Gasteiger partial charge in [0.2, 0.25) is 6.41 Å². The van der Waals surface area contributed by atoms with Gasteiger partial charge in [0.25, 0.3) is 0 Å². The molecule has 0 atom stereocenters. The van der Waals surface area contributed by atoms with E-state index in [4.69, 9.17) is 0 Å². The summed E-state index contributed by atoms with van der Waals surface area (Å²) in [4.78, 5) is 19.6. The second kappa shape index (κ2) is 5.86. The predicted molar refractivity (Wildman–Crippen MR) is 95.2 cm³/mol. The summed E-state index contributed by atoms with van der Waals surface area (Å²) < 4.78 is 1.84. The minimum Gasteiger partial charge on any atom is -0.313 e. The van der Waals surface area contributed by atoms with E-state index in [-0.39, 0.29) is 0 Å². The number of anilines is 1. The summed E-state index contributed by atoms with van der Waals surface area (Å²) in [5, 5.41) is 10.1. The van der Waals surface area contributed by atoms with Crippen molar-refractivity contribution in [1.29, 1.82) is 0 Å². The zero-order valence-corrected chi connectivity index (χ0v) is 13.8. The lowest BCUT2D eigenvalue weighted by Gasteiger charge is -2.07. The number of carbonyl (C=O) groups excluding carboxylic acids is 1. The number of amides is 1. The number of aromatic nitrogens is 5. The molecule has 4 aromatic rings. The quantitative estimate of drug-likeness (QED) is 0.562. The van der Waals surface area contributed by atoms with Crippen molar-refractivity contribution in [2.45, 2.75) is 13.8 Å². The molecule has 0 aromatic carbocycles. The number of carbonyl (C=O) groups is 1. The standard InChI is InChI=1S/C18H16N6O/c1-11-4-3-5-14(21-11)18-17(12(2)22-23-18)13-6-7-15-19-8-16(20-10-25)24(15)9-13/h3-10H,1-2H3,(H,20,25)(H,22,23). The van der Waals surface area contributed by atoms with E-state index in [2.05, 4.69) is 25.5 Å². The molecule has 124 valence electrons. The van der Waals surface area contributed by atoms with Gasteiger partial charge in [0.05, 0.1) is 11.9 Å². The van der Waals surface area contributed by atoms with Gasteiger partial charge in [0.1, 0.15) is 17.2 Å². The molecule has 1 amide bonds. The Morgan fingerprint density at radius 2 is 2.08 bits per heavy atom. The number of rotatable bonds is 4. The highest BCUT2D eigenvalue weighted by Gasteiger charge is 2.16. The summed E-state index contributed by atoms with van der Waals surface area (Å²) in [5.41, 5.74) is 6.19. The second-order valence-electron chi connectivity index (χ2n) is 5.79. The number of imidazole rings is 1. The van der Waals surface area contributed by atoms with E-state index >= 15 is 0 Å². The van der Waals surface area contributed by atoms with Crippen molar-refractivity contribution in [3.8, 4) is 22.5 Å². The van der Waals surface area contributed by atoms with Crippen molar-refractivity contribution in [3.63, 3.8) is 0 Å². The van der Waals surface area contributed by atoms with Crippen LogP contribution in [0.25, 0.3) is 28.2 Å². The van der Waals surface area contributed by atoms with E-state index in [9.17, 15) is 4.79 Å². The first-order chi connectivity index (χ1) is 12.2. The van der Waals surface area contributed by atoms with E-state index in [1.807, 2.05) is 54.8 Å². The van der Waals surface area contributed by atoms with E-state index in [0.29, 0.717) is 12.2 Å². The first kappa shape index (κ1) is 15.1. The maximum absolute atomic E-state index is 10.8. The fourth-order valence-corrected chi connectivity index (χ4v) is 2.94. The number of nitrogens with zero attached hydrogens (tertiary/aromatic N) is 4. The molecule has 0 bridgehead atoms. The third kappa shape index (κ3) is 2.55. The van der Waals surface area contributed by atoms with Crippen LogP contribution in [0, 0.1) is 13.8 Å². The van der Waals surface area contributed by atoms with Crippen LogP contribution < -0.4 is 5.32 Å². The number of fused-ring (bicyclic) bond motifs is 1. The third-order valence-corrected chi connectivity index (χ3v) is 4.08. The largest absolute Gasteiger partial charge is 0.313 e. The van der Waals surface area contributed by atoms with E-state index in [1.165, 1.54) is 0 Å². The molecule has 4 rings (SSSR count). The molecular weight excluding hydrogens is 316 g/mol. The lowest BCUT2D eigenvalue weighted by Crippen LogP contribution is -1.98. The normalized spacial score (nSPS) is 11.0. The Kier molecular flexibility index (Phi) is 3.53. The highest BCUT2D eigenvalue weighted by atomic mass is 16.1. The molecule has 4 heterocycles. The summed E-state index contributed by atoms with van der Waals surface area (Å²) >= 11 is 0. The second-order valence-corrected chi connectivity index (χ2v) is 5.79.